The van der Waals surface area contributed by atoms with E-state index in [-0.39, 0.29) is 28.9 Å². The topological polar surface area (TPSA) is 88.9 Å². The lowest BCUT2D eigenvalue weighted by Gasteiger charge is -2.28. The number of nitrogens with one attached hydrogen (secondary N) is 2. The third-order valence-electron chi connectivity index (χ3n) is 5.36. The van der Waals surface area contributed by atoms with Gasteiger partial charge in [-0.25, -0.2) is 14.1 Å². The van der Waals surface area contributed by atoms with Crippen molar-refractivity contribution in [2.24, 2.45) is 5.92 Å². The van der Waals surface area contributed by atoms with E-state index in [0.717, 1.165) is 0 Å². The van der Waals surface area contributed by atoms with Gasteiger partial charge >= 0.3 is 0 Å². The molecule has 1 saturated carbocycles. The van der Waals surface area contributed by atoms with E-state index in [0.29, 0.717) is 42.8 Å². The molecule has 0 spiro atoms. The molecule has 1 aliphatic carbocycles. The van der Waals surface area contributed by atoms with Crippen molar-refractivity contribution < 1.29 is 14.0 Å². The maximum absolute atomic E-state index is 13.9. The zero-order valence-electron chi connectivity index (χ0n) is 16.6. The number of hydrogen-bond donors (Lipinski definition) is 2. The molecule has 0 radical (unpaired) electrons. The van der Waals surface area contributed by atoms with Gasteiger partial charge < -0.3 is 10.6 Å². The number of nitrogens with zero attached hydrogens (tertiary/aromatic N) is 3. The van der Waals surface area contributed by atoms with Gasteiger partial charge in [0.15, 0.2) is 5.82 Å². The molecule has 1 fully saturated rings. The summed E-state index contributed by atoms with van der Waals surface area (Å²) in [6.45, 7) is 0. The Morgan fingerprint density at radius 2 is 1.87 bits per heavy atom. The second-order valence-electron chi connectivity index (χ2n) is 7.48. The summed E-state index contributed by atoms with van der Waals surface area (Å²) in [5, 5.41) is 10.3. The maximum atomic E-state index is 13.9. The van der Waals surface area contributed by atoms with Gasteiger partial charge in [0, 0.05) is 36.0 Å². The fraction of sp³-hybridized carbons (Fsp3) is 0.273. The van der Waals surface area contributed by atoms with Crippen molar-refractivity contribution in [2.75, 3.05) is 5.32 Å². The van der Waals surface area contributed by atoms with Crippen LogP contribution in [0.1, 0.15) is 36.0 Å². The van der Waals surface area contributed by atoms with Crippen LogP contribution in [-0.4, -0.2) is 32.6 Å². The van der Waals surface area contributed by atoms with Gasteiger partial charge in [0.25, 0.3) is 5.91 Å². The van der Waals surface area contributed by atoms with E-state index < -0.39 is 5.82 Å². The van der Waals surface area contributed by atoms with Gasteiger partial charge in [0.1, 0.15) is 16.7 Å². The van der Waals surface area contributed by atoms with E-state index in [2.05, 4.69) is 20.7 Å². The number of benzene rings is 1. The SMILES string of the molecule is O=C(N[C@H]1CC[C@@H](C(=O)Nc2ccn(-c3ccccc3F)n2)CC1)c1ccnc(Cl)c1. The van der Waals surface area contributed by atoms with Gasteiger partial charge in [-0.3, -0.25) is 9.59 Å². The summed E-state index contributed by atoms with van der Waals surface area (Å²) in [5.41, 5.74) is 0.778. The number of aromatic nitrogens is 3. The Morgan fingerprint density at radius 3 is 2.61 bits per heavy atom. The summed E-state index contributed by atoms with van der Waals surface area (Å²) in [6.07, 6.45) is 5.81. The van der Waals surface area contributed by atoms with Gasteiger partial charge in [-0.05, 0) is 49.9 Å². The number of para-hydroxylation sites is 1. The molecule has 0 atom stereocenters. The third-order valence-corrected chi connectivity index (χ3v) is 5.57. The molecule has 160 valence electrons. The molecule has 1 aromatic carbocycles. The molecule has 9 heteroatoms. The Morgan fingerprint density at radius 1 is 1.10 bits per heavy atom. The second-order valence-corrected chi connectivity index (χ2v) is 7.86. The van der Waals surface area contributed by atoms with Crippen LogP contribution < -0.4 is 10.6 Å². The summed E-state index contributed by atoms with van der Waals surface area (Å²) in [6, 6.07) is 11.1. The third kappa shape index (κ3) is 5.08. The van der Waals surface area contributed by atoms with Gasteiger partial charge in [0.2, 0.25) is 5.91 Å². The predicted molar refractivity (Wildman–Crippen MR) is 115 cm³/mol. The van der Waals surface area contributed by atoms with E-state index in [1.807, 2.05) is 0 Å². The molecule has 0 bridgehead atoms. The molecule has 0 unspecified atom stereocenters. The molecule has 2 N–H and O–H groups in total. The van der Waals surface area contributed by atoms with Crippen LogP contribution in [0, 0.1) is 11.7 Å². The first-order chi connectivity index (χ1) is 15.0. The van der Waals surface area contributed by atoms with E-state index in [1.165, 1.54) is 23.0 Å². The van der Waals surface area contributed by atoms with E-state index >= 15 is 0 Å². The molecule has 0 aliphatic heterocycles. The Kier molecular flexibility index (Phi) is 6.27. The van der Waals surface area contributed by atoms with Crippen LogP contribution in [0.5, 0.6) is 0 Å². The van der Waals surface area contributed by atoms with Gasteiger partial charge in [0.05, 0.1) is 0 Å². The number of anilines is 1. The molecule has 2 amide bonds. The summed E-state index contributed by atoms with van der Waals surface area (Å²) < 4.78 is 15.3. The Hall–Kier alpha value is -3.26. The van der Waals surface area contributed by atoms with Crippen LogP contribution in [0.25, 0.3) is 5.69 Å². The number of amides is 2. The van der Waals surface area contributed by atoms with Crippen molar-refractivity contribution in [3.8, 4) is 5.69 Å². The molecule has 0 saturated heterocycles. The van der Waals surface area contributed by atoms with E-state index in [9.17, 15) is 14.0 Å². The van der Waals surface area contributed by atoms with Crippen molar-refractivity contribution in [3.05, 3.63) is 71.4 Å². The average molecular weight is 442 g/mol. The van der Waals surface area contributed by atoms with Crippen molar-refractivity contribution in [3.63, 3.8) is 0 Å². The van der Waals surface area contributed by atoms with Crippen molar-refractivity contribution >= 4 is 29.2 Å². The number of carbonyl (C=O) groups is 2. The highest BCUT2D eigenvalue weighted by Crippen LogP contribution is 2.26. The molecular weight excluding hydrogens is 421 g/mol. The van der Waals surface area contributed by atoms with Crippen LogP contribution in [0.3, 0.4) is 0 Å². The van der Waals surface area contributed by atoms with Crippen LogP contribution in [0.2, 0.25) is 5.15 Å². The fourth-order valence-corrected chi connectivity index (χ4v) is 3.88. The fourth-order valence-electron chi connectivity index (χ4n) is 3.70. The van der Waals surface area contributed by atoms with Crippen molar-refractivity contribution in [1.82, 2.24) is 20.1 Å². The summed E-state index contributed by atoms with van der Waals surface area (Å²) in [4.78, 5) is 28.8. The maximum Gasteiger partial charge on any atom is 0.251 e. The Balaban J connectivity index is 1.29. The van der Waals surface area contributed by atoms with Gasteiger partial charge in [-0.15, -0.1) is 5.10 Å². The molecule has 2 aromatic heterocycles. The van der Waals surface area contributed by atoms with Crippen LogP contribution >= 0.6 is 11.6 Å². The Labute approximate surface area is 183 Å². The smallest absolute Gasteiger partial charge is 0.251 e. The molecule has 2 heterocycles. The van der Waals surface area contributed by atoms with Crippen LogP contribution in [-0.2, 0) is 4.79 Å². The Bertz CT molecular complexity index is 1090. The minimum atomic E-state index is -0.391. The number of hydrogen-bond acceptors (Lipinski definition) is 4. The zero-order valence-corrected chi connectivity index (χ0v) is 17.3. The van der Waals surface area contributed by atoms with Crippen molar-refractivity contribution in [2.45, 2.75) is 31.7 Å². The highest BCUT2D eigenvalue weighted by molar-refractivity contribution is 6.29. The number of pyridine rings is 1. The molecule has 31 heavy (non-hydrogen) atoms. The quantitative estimate of drug-likeness (QED) is 0.586. The monoisotopic (exact) mass is 441 g/mol. The minimum absolute atomic E-state index is 0.00348. The highest BCUT2D eigenvalue weighted by atomic mass is 35.5. The molecule has 1 aliphatic rings. The summed E-state index contributed by atoms with van der Waals surface area (Å²) >= 11 is 5.84. The zero-order chi connectivity index (χ0) is 21.8. The standard InChI is InChI=1S/C22H21ClFN5O2/c23-19-13-15(9-11-25-19)22(31)26-16-7-5-14(6-8-16)21(30)27-20-10-12-29(28-20)18-4-2-1-3-17(18)24/h1-4,9-14,16H,5-8H2,(H,26,31)(H,27,28,30)/t14-,16+. The molecular formula is C22H21ClFN5O2. The first kappa shape index (κ1) is 21.0. The first-order valence-corrected chi connectivity index (χ1v) is 10.4. The van der Waals surface area contributed by atoms with Crippen LogP contribution in [0.4, 0.5) is 10.2 Å². The molecule has 7 nitrogen and oxygen atoms in total. The normalized spacial score (nSPS) is 18.4. The number of carbonyl (C=O) groups excluding carboxylic acids is 2. The summed E-state index contributed by atoms with van der Waals surface area (Å²) in [7, 11) is 0. The van der Waals surface area contributed by atoms with Gasteiger partial charge in [-0.2, -0.15) is 0 Å². The lowest BCUT2D eigenvalue weighted by Crippen LogP contribution is -2.39. The molecule has 4 rings (SSSR count). The average Bonchev–Trinajstić information content (AvgIpc) is 3.22. The van der Waals surface area contributed by atoms with Gasteiger partial charge in [-0.1, -0.05) is 23.7 Å². The van der Waals surface area contributed by atoms with E-state index in [1.54, 1.807) is 36.5 Å². The highest BCUT2D eigenvalue weighted by Gasteiger charge is 2.27. The molecule has 3 aromatic rings. The lowest BCUT2D eigenvalue weighted by atomic mass is 9.85. The number of halogens is 2. The summed E-state index contributed by atoms with van der Waals surface area (Å²) in [5.74, 6) is -0.501. The van der Waals surface area contributed by atoms with Crippen LogP contribution in [0.15, 0.2) is 54.9 Å². The number of rotatable bonds is 5. The second kappa shape index (κ2) is 9.26. The predicted octanol–water partition coefficient (Wildman–Crippen LogP) is 3.99. The van der Waals surface area contributed by atoms with E-state index in [4.69, 9.17) is 11.6 Å². The minimum Gasteiger partial charge on any atom is -0.349 e. The lowest BCUT2D eigenvalue weighted by molar-refractivity contribution is -0.120. The first-order valence-electron chi connectivity index (χ1n) is 10.0. The van der Waals surface area contributed by atoms with Crippen molar-refractivity contribution in [1.29, 1.82) is 0 Å². The largest absolute Gasteiger partial charge is 0.349 e.